The van der Waals surface area contributed by atoms with E-state index in [2.05, 4.69) is 4.90 Å². The number of aromatic hydroxyl groups is 1. The molecule has 5 atom stereocenters. The molecule has 2 aromatic rings. The second kappa shape index (κ2) is 6.35. The van der Waals surface area contributed by atoms with E-state index in [1.807, 2.05) is 35.2 Å². The highest BCUT2D eigenvalue weighted by Gasteiger charge is 2.73. The Morgan fingerprint density at radius 3 is 2.74 bits per heavy atom. The lowest BCUT2D eigenvalue weighted by atomic mass is 9.48. The molecule has 2 bridgehead atoms. The molecule has 6 heteroatoms. The molecule has 0 radical (unpaired) electrons. The van der Waals surface area contributed by atoms with E-state index in [1.165, 1.54) is 18.4 Å². The molecule has 1 amide bonds. The average Bonchev–Trinajstić information content (AvgIpc) is 3.49. The predicted molar refractivity (Wildman–Crippen MR) is 125 cm³/mol. The zero-order valence-corrected chi connectivity index (χ0v) is 19.2. The van der Waals surface area contributed by atoms with Gasteiger partial charge in [0.1, 0.15) is 6.10 Å². The van der Waals surface area contributed by atoms with E-state index in [0.717, 1.165) is 48.5 Å². The van der Waals surface area contributed by atoms with Gasteiger partial charge in [0.05, 0.1) is 17.1 Å². The Morgan fingerprint density at radius 2 is 1.91 bits per heavy atom. The lowest BCUT2D eigenvalue weighted by Crippen LogP contribution is -2.78. The normalized spacial score (nSPS) is 37.4. The standard InChI is InChI=1S/C28H30N2O4/c31-21-8-7-17-13-22-28(33)10-9-20(30-15-18-3-1-2-4-19(18)26(30)32)25-27(28,23(17)24(21)34-25)11-12-29(22)14-16-5-6-16/h1-4,7-8,16,20,22,25,31,33H,5-6,9-15H2/t20-,22+,25+,27+,28-/m1/s1. The number of hydrogen-bond acceptors (Lipinski definition) is 5. The third-order valence-corrected chi connectivity index (χ3v) is 9.98. The van der Waals surface area contributed by atoms with E-state index in [9.17, 15) is 15.0 Å². The minimum absolute atomic E-state index is 0.0587. The van der Waals surface area contributed by atoms with Crippen molar-refractivity contribution in [1.82, 2.24) is 9.80 Å². The first-order valence-electron chi connectivity index (χ1n) is 12.9. The van der Waals surface area contributed by atoms with Crippen molar-refractivity contribution in [2.24, 2.45) is 5.92 Å². The number of likely N-dealkylation sites (tertiary alicyclic amines) is 1. The van der Waals surface area contributed by atoms with Crippen molar-refractivity contribution in [2.45, 2.75) is 74.3 Å². The summed E-state index contributed by atoms with van der Waals surface area (Å²) in [6.45, 7) is 2.58. The highest BCUT2D eigenvalue weighted by molar-refractivity contribution is 5.98. The maximum Gasteiger partial charge on any atom is 0.254 e. The van der Waals surface area contributed by atoms with Gasteiger partial charge in [-0.3, -0.25) is 9.69 Å². The SMILES string of the molecule is O=C1c2ccccc2CN1[C@@H]1CC[C@@]2(O)[C@@H]3Cc4ccc(O)c5c4[C@@]2(CCN3CC2CC2)[C@H]1O5. The monoisotopic (exact) mass is 458 g/mol. The summed E-state index contributed by atoms with van der Waals surface area (Å²) >= 11 is 0. The first-order chi connectivity index (χ1) is 16.5. The first kappa shape index (κ1) is 19.7. The molecular weight excluding hydrogens is 428 g/mol. The first-order valence-corrected chi connectivity index (χ1v) is 12.9. The molecule has 8 rings (SSSR count). The number of benzene rings is 2. The number of phenolic OH excluding ortho intramolecular Hbond substituents is 1. The van der Waals surface area contributed by atoms with Gasteiger partial charge in [0, 0.05) is 30.3 Å². The van der Waals surface area contributed by atoms with Crippen LogP contribution in [0.3, 0.4) is 0 Å². The number of aliphatic hydroxyl groups is 1. The van der Waals surface area contributed by atoms with Gasteiger partial charge in [-0.25, -0.2) is 0 Å². The number of ether oxygens (including phenoxy) is 1. The van der Waals surface area contributed by atoms with Crippen LogP contribution in [0.4, 0.5) is 0 Å². The van der Waals surface area contributed by atoms with E-state index < -0.39 is 11.0 Å². The maximum absolute atomic E-state index is 13.5. The molecule has 176 valence electrons. The van der Waals surface area contributed by atoms with Gasteiger partial charge in [-0.15, -0.1) is 0 Å². The van der Waals surface area contributed by atoms with Gasteiger partial charge in [0.25, 0.3) is 5.91 Å². The maximum atomic E-state index is 13.5. The summed E-state index contributed by atoms with van der Waals surface area (Å²) < 4.78 is 6.65. The number of piperidine rings is 1. The Labute approximate surface area is 199 Å². The molecule has 2 saturated carbocycles. The van der Waals surface area contributed by atoms with Crippen LogP contribution in [0.2, 0.25) is 0 Å². The molecule has 6 nitrogen and oxygen atoms in total. The fourth-order valence-electron chi connectivity index (χ4n) is 8.32. The fourth-order valence-corrected chi connectivity index (χ4v) is 8.32. The molecule has 2 aromatic carbocycles. The summed E-state index contributed by atoms with van der Waals surface area (Å²) in [4.78, 5) is 18.0. The second-order valence-corrected chi connectivity index (χ2v) is 11.5. The van der Waals surface area contributed by atoms with Crippen molar-refractivity contribution >= 4 is 5.91 Å². The number of nitrogens with zero attached hydrogens (tertiary/aromatic N) is 2. The highest BCUT2D eigenvalue weighted by atomic mass is 16.5. The van der Waals surface area contributed by atoms with Gasteiger partial charge in [0.2, 0.25) is 0 Å². The molecule has 6 aliphatic rings. The van der Waals surface area contributed by atoms with Crippen LogP contribution < -0.4 is 4.74 Å². The zero-order chi connectivity index (χ0) is 22.8. The van der Waals surface area contributed by atoms with E-state index in [4.69, 9.17) is 4.74 Å². The average molecular weight is 459 g/mol. The summed E-state index contributed by atoms with van der Waals surface area (Å²) in [7, 11) is 0. The van der Waals surface area contributed by atoms with Gasteiger partial charge in [-0.1, -0.05) is 24.3 Å². The quantitative estimate of drug-likeness (QED) is 0.740. The minimum atomic E-state index is -0.914. The van der Waals surface area contributed by atoms with E-state index >= 15 is 0 Å². The van der Waals surface area contributed by atoms with E-state index in [-0.39, 0.29) is 29.8 Å². The van der Waals surface area contributed by atoms with Crippen LogP contribution in [-0.4, -0.2) is 62.8 Å². The van der Waals surface area contributed by atoms with Crippen LogP contribution in [-0.2, 0) is 18.4 Å². The molecular formula is C28H30N2O4. The second-order valence-electron chi connectivity index (χ2n) is 11.5. The summed E-state index contributed by atoms with van der Waals surface area (Å²) in [6.07, 6.45) is 5.20. The number of amides is 1. The lowest BCUT2D eigenvalue weighted by molar-refractivity contribution is -0.198. The third kappa shape index (κ3) is 2.22. The van der Waals surface area contributed by atoms with Gasteiger partial charge in [-0.05, 0) is 74.2 Å². The van der Waals surface area contributed by atoms with Crippen LogP contribution in [0.1, 0.15) is 59.2 Å². The van der Waals surface area contributed by atoms with Gasteiger partial charge < -0.3 is 19.8 Å². The Balaban J connectivity index is 1.26. The van der Waals surface area contributed by atoms with Crippen LogP contribution in [0.15, 0.2) is 36.4 Å². The van der Waals surface area contributed by atoms with Crippen molar-refractivity contribution in [3.63, 3.8) is 0 Å². The van der Waals surface area contributed by atoms with Crippen LogP contribution in [0, 0.1) is 5.92 Å². The van der Waals surface area contributed by atoms with Crippen LogP contribution in [0.25, 0.3) is 0 Å². The summed E-state index contributed by atoms with van der Waals surface area (Å²) in [5, 5.41) is 23.4. The molecule has 0 aromatic heterocycles. The van der Waals surface area contributed by atoms with Crippen LogP contribution in [0.5, 0.6) is 11.5 Å². The number of rotatable bonds is 3. The zero-order valence-electron chi connectivity index (χ0n) is 19.2. The highest BCUT2D eigenvalue weighted by Crippen LogP contribution is 2.66. The Kier molecular flexibility index (Phi) is 3.68. The summed E-state index contributed by atoms with van der Waals surface area (Å²) in [6, 6.07) is 11.6. The van der Waals surface area contributed by atoms with Gasteiger partial charge in [-0.2, -0.15) is 0 Å². The van der Waals surface area contributed by atoms with Gasteiger partial charge >= 0.3 is 0 Å². The Hall–Kier alpha value is -2.57. The molecule has 3 fully saturated rings. The Morgan fingerprint density at radius 1 is 1.06 bits per heavy atom. The van der Waals surface area contributed by atoms with Crippen molar-refractivity contribution < 1.29 is 19.7 Å². The molecule has 34 heavy (non-hydrogen) atoms. The summed E-state index contributed by atoms with van der Waals surface area (Å²) in [5.74, 6) is 1.52. The van der Waals surface area contributed by atoms with E-state index in [0.29, 0.717) is 25.1 Å². The molecule has 1 spiro atoms. The van der Waals surface area contributed by atoms with Gasteiger partial charge in [0.15, 0.2) is 11.5 Å². The van der Waals surface area contributed by atoms with E-state index in [1.54, 1.807) is 6.07 Å². The summed E-state index contributed by atoms with van der Waals surface area (Å²) in [5.41, 5.74) is 2.56. The molecule has 0 unspecified atom stereocenters. The molecule has 3 aliphatic carbocycles. The largest absolute Gasteiger partial charge is 0.504 e. The minimum Gasteiger partial charge on any atom is -0.504 e. The Bertz CT molecular complexity index is 1240. The smallest absolute Gasteiger partial charge is 0.254 e. The van der Waals surface area contributed by atoms with Crippen molar-refractivity contribution in [3.8, 4) is 11.5 Å². The van der Waals surface area contributed by atoms with Crippen molar-refractivity contribution in [1.29, 1.82) is 0 Å². The fraction of sp³-hybridized carbons (Fsp3) is 0.536. The lowest BCUT2D eigenvalue weighted by Gasteiger charge is -2.64. The van der Waals surface area contributed by atoms with Crippen molar-refractivity contribution in [2.75, 3.05) is 13.1 Å². The molecule has 3 aliphatic heterocycles. The molecule has 1 saturated heterocycles. The number of fused-ring (bicyclic) bond motifs is 1. The van der Waals surface area contributed by atoms with Crippen LogP contribution >= 0.6 is 0 Å². The predicted octanol–water partition coefficient (Wildman–Crippen LogP) is 2.98. The number of hydrogen-bond donors (Lipinski definition) is 2. The number of phenols is 1. The topological polar surface area (TPSA) is 73.2 Å². The number of carbonyl (C=O) groups excluding carboxylic acids is 1. The van der Waals surface area contributed by atoms with Crippen molar-refractivity contribution in [3.05, 3.63) is 58.7 Å². The third-order valence-electron chi connectivity index (χ3n) is 9.98. The number of carbonyl (C=O) groups is 1. The molecule has 3 heterocycles. The molecule has 2 N–H and O–H groups in total.